The molecule has 2 amide bonds. The summed E-state index contributed by atoms with van der Waals surface area (Å²) < 4.78 is 32.4. The van der Waals surface area contributed by atoms with Crippen LogP contribution < -0.4 is 20.3 Å². The van der Waals surface area contributed by atoms with Crippen molar-refractivity contribution in [1.29, 1.82) is 0 Å². The number of rotatable bonds is 6. The van der Waals surface area contributed by atoms with Crippen molar-refractivity contribution in [3.8, 4) is 5.75 Å². The highest BCUT2D eigenvalue weighted by molar-refractivity contribution is 7.89. The Kier molecular flexibility index (Phi) is 6.81. The fourth-order valence-electron chi connectivity index (χ4n) is 3.14. The van der Waals surface area contributed by atoms with E-state index in [9.17, 15) is 18.0 Å². The number of hydrogen-bond acceptors (Lipinski definition) is 5. The SMILES string of the molecule is CNS(=O)(=O)c1cc(C(=O)NNC(=O)C(C)Oc2ccc3ccccc3c2)cc(C)c1C. The van der Waals surface area contributed by atoms with E-state index in [0.717, 1.165) is 10.8 Å². The van der Waals surface area contributed by atoms with Crippen LogP contribution in [0.4, 0.5) is 0 Å². The van der Waals surface area contributed by atoms with Gasteiger partial charge in [0.2, 0.25) is 10.0 Å². The number of fused-ring (bicyclic) bond motifs is 1. The molecule has 0 aliphatic rings. The van der Waals surface area contributed by atoms with Gasteiger partial charge < -0.3 is 4.74 Å². The van der Waals surface area contributed by atoms with E-state index in [0.29, 0.717) is 16.9 Å². The largest absolute Gasteiger partial charge is 0.481 e. The second kappa shape index (κ2) is 9.37. The first kappa shape index (κ1) is 23.2. The zero-order valence-electron chi connectivity index (χ0n) is 18.2. The first-order valence-corrected chi connectivity index (χ1v) is 11.4. The average molecular weight is 456 g/mol. The second-order valence-electron chi connectivity index (χ2n) is 7.34. The van der Waals surface area contributed by atoms with Crippen molar-refractivity contribution in [2.24, 2.45) is 0 Å². The molecular weight excluding hydrogens is 430 g/mol. The zero-order chi connectivity index (χ0) is 23.5. The van der Waals surface area contributed by atoms with Crippen LogP contribution in [0.15, 0.2) is 59.5 Å². The van der Waals surface area contributed by atoms with Crippen molar-refractivity contribution in [3.63, 3.8) is 0 Å². The van der Waals surface area contributed by atoms with E-state index in [1.807, 2.05) is 36.4 Å². The number of ether oxygens (including phenoxy) is 1. The summed E-state index contributed by atoms with van der Waals surface area (Å²) in [6.45, 7) is 4.93. The van der Waals surface area contributed by atoms with Crippen LogP contribution in [0.5, 0.6) is 5.75 Å². The van der Waals surface area contributed by atoms with Crippen molar-refractivity contribution >= 4 is 32.6 Å². The third kappa shape index (κ3) is 5.06. The van der Waals surface area contributed by atoms with Crippen molar-refractivity contribution < 1.29 is 22.7 Å². The third-order valence-corrected chi connectivity index (χ3v) is 6.68. The van der Waals surface area contributed by atoms with Crippen LogP contribution in [0, 0.1) is 13.8 Å². The minimum atomic E-state index is -3.74. The summed E-state index contributed by atoms with van der Waals surface area (Å²) in [5.41, 5.74) is 5.89. The van der Waals surface area contributed by atoms with Crippen LogP contribution in [0.3, 0.4) is 0 Å². The lowest BCUT2D eigenvalue weighted by Crippen LogP contribution is -2.47. The van der Waals surface area contributed by atoms with Gasteiger partial charge in [0.15, 0.2) is 6.10 Å². The summed E-state index contributed by atoms with van der Waals surface area (Å²) in [7, 11) is -2.44. The summed E-state index contributed by atoms with van der Waals surface area (Å²) in [5, 5.41) is 2.03. The van der Waals surface area contributed by atoms with Gasteiger partial charge in [0, 0.05) is 5.56 Å². The highest BCUT2D eigenvalue weighted by Crippen LogP contribution is 2.22. The fourth-order valence-corrected chi connectivity index (χ4v) is 4.20. The number of hydrogen-bond donors (Lipinski definition) is 3. The van der Waals surface area contributed by atoms with E-state index < -0.39 is 27.9 Å². The summed E-state index contributed by atoms with van der Waals surface area (Å²) >= 11 is 0. The van der Waals surface area contributed by atoms with Gasteiger partial charge >= 0.3 is 0 Å². The molecule has 0 radical (unpaired) electrons. The van der Waals surface area contributed by atoms with Gasteiger partial charge in [-0.1, -0.05) is 30.3 Å². The Hall–Kier alpha value is -3.43. The molecule has 8 nitrogen and oxygen atoms in total. The first-order valence-electron chi connectivity index (χ1n) is 9.93. The number of hydrazine groups is 1. The predicted octanol–water partition coefficient (Wildman–Crippen LogP) is 2.59. The highest BCUT2D eigenvalue weighted by Gasteiger charge is 2.21. The molecule has 0 aliphatic carbocycles. The molecule has 32 heavy (non-hydrogen) atoms. The lowest BCUT2D eigenvalue weighted by atomic mass is 10.1. The summed E-state index contributed by atoms with van der Waals surface area (Å²) in [4.78, 5) is 24.9. The normalized spacial score (nSPS) is 12.2. The molecule has 3 aromatic carbocycles. The number of amides is 2. The first-order chi connectivity index (χ1) is 15.1. The van der Waals surface area contributed by atoms with Gasteiger partial charge in [-0.15, -0.1) is 0 Å². The van der Waals surface area contributed by atoms with Crippen molar-refractivity contribution in [3.05, 3.63) is 71.3 Å². The molecular formula is C23H25N3O5S. The van der Waals surface area contributed by atoms with Crippen LogP contribution >= 0.6 is 0 Å². The monoisotopic (exact) mass is 455 g/mol. The molecule has 1 unspecified atom stereocenters. The molecule has 0 saturated heterocycles. The van der Waals surface area contributed by atoms with Gasteiger partial charge in [-0.25, -0.2) is 13.1 Å². The Morgan fingerprint density at radius 1 is 0.938 bits per heavy atom. The Labute approximate surface area is 187 Å². The highest BCUT2D eigenvalue weighted by atomic mass is 32.2. The number of nitrogens with one attached hydrogen (secondary N) is 3. The molecule has 0 spiro atoms. The van der Waals surface area contributed by atoms with E-state index >= 15 is 0 Å². The van der Waals surface area contributed by atoms with Gasteiger partial charge in [0.05, 0.1) is 4.90 Å². The van der Waals surface area contributed by atoms with E-state index in [2.05, 4.69) is 15.6 Å². The smallest absolute Gasteiger partial charge is 0.279 e. The molecule has 0 fully saturated rings. The van der Waals surface area contributed by atoms with Crippen molar-refractivity contribution in [2.45, 2.75) is 31.8 Å². The molecule has 0 heterocycles. The molecule has 0 aromatic heterocycles. The van der Waals surface area contributed by atoms with Gasteiger partial charge in [-0.3, -0.25) is 20.4 Å². The van der Waals surface area contributed by atoms with E-state index in [1.165, 1.54) is 13.1 Å². The molecule has 3 rings (SSSR count). The number of carbonyl (C=O) groups is 2. The number of sulfonamides is 1. The molecule has 3 N–H and O–H groups in total. The van der Waals surface area contributed by atoms with Gasteiger partial charge in [0.25, 0.3) is 11.8 Å². The lowest BCUT2D eigenvalue weighted by molar-refractivity contribution is -0.128. The minimum Gasteiger partial charge on any atom is -0.481 e. The lowest BCUT2D eigenvalue weighted by Gasteiger charge is -2.16. The van der Waals surface area contributed by atoms with Crippen LogP contribution in [-0.4, -0.2) is 33.4 Å². The van der Waals surface area contributed by atoms with Crippen molar-refractivity contribution in [1.82, 2.24) is 15.6 Å². The molecule has 1 atom stereocenters. The minimum absolute atomic E-state index is 0.00415. The van der Waals surface area contributed by atoms with Gasteiger partial charge in [-0.2, -0.15) is 0 Å². The molecule has 0 bridgehead atoms. The predicted molar refractivity (Wildman–Crippen MR) is 122 cm³/mol. The van der Waals surface area contributed by atoms with Crippen molar-refractivity contribution in [2.75, 3.05) is 7.05 Å². The fraction of sp³-hybridized carbons (Fsp3) is 0.217. The van der Waals surface area contributed by atoms with Gasteiger partial charge in [0.1, 0.15) is 5.75 Å². The van der Waals surface area contributed by atoms with E-state index in [4.69, 9.17) is 4.74 Å². The molecule has 168 valence electrons. The van der Waals surface area contributed by atoms with Gasteiger partial charge in [-0.05, 0) is 74.0 Å². The molecule has 9 heteroatoms. The Bertz CT molecular complexity index is 1290. The van der Waals surface area contributed by atoms with Crippen LogP contribution in [0.1, 0.15) is 28.4 Å². The second-order valence-corrected chi connectivity index (χ2v) is 9.19. The molecule has 0 aliphatic heterocycles. The van der Waals surface area contributed by atoms with E-state index in [1.54, 1.807) is 32.9 Å². The van der Waals surface area contributed by atoms with Crippen LogP contribution in [0.25, 0.3) is 10.8 Å². The summed E-state index contributed by atoms with van der Waals surface area (Å²) in [6.07, 6.45) is -0.878. The molecule has 0 saturated carbocycles. The topological polar surface area (TPSA) is 114 Å². The van der Waals surface area contributed by atoms with E-state index in [-0.39, 0.29) is 10.5 Å². The van der Waals surface area contributed by atoms with Crippen LogP contribution in [0.2, 0.25) is 0 Å². The summed E-state index contributed by atoms with van der Waals surface area (Å²) in [6, 6.07) is 16.1. The summed E-state index contributed by atoms with van der Waals surface area (Å²) in [5.74, 6) is -0.681. The Morgan fingerprint density at radius 2 is 1.62 bits per heavy atom. The van der Waals surface area contributed by atoms with Crippen LogP contribution in [-0.2, 0) is 14.8 Å². The maximum atomic E-state index is 12.5. The third-order valence-electron chi connectivity index (χ3n) is 5.14. The Balaban J connectivity index is 1.66. The number of carbonyl (C=O) groups excluding carboxylic acids is 2. The maximum absolute atomic E-state index is 12.5. The quantitative estimate of drug-likeness (QED) is 0.495. The number of aryl methyl sites for hydroxylation is 1. The standard InChI is InChI=1S/C23H25N3O5S/c1-14-11-19(13-21(15(14)2)32(29,30)24-4)23(28)26-25-22(27)16(3)31-20-10-9-17-7-5-6-8-18(17)12-20/h5-13,16,24H,1-4H3,(H,25,27)(H,26,28). The molecule has 3 aromatic rings. The maximum Gasteiger partial charge on any atom is 0.279 e. The average Bonchev–Trinajstić information content (AvgIpc) is 2.78. The Morgan fingerprint density at radius 3 is 2.31 bits per heavy atom. The zero-order valence-corrected chi connectivity index (χ0v) is 19.0. The number of benzene rings is 3.